The van der Waals surface area contributed by atoms with E-state index in [1.807, 2.05) is 6.92 Å². The van der Waals surface area contributed by atoms with Crippen LogP contribution in [0.25, 0.3) is 0 Å². The minimum atomic E-state index is -0.0861. The molecule has 0 aliphatic carbocycles. The molecule has 0 radical (unpaired) electrons. The fourth-order valence-corrected chi connectivity index (χ4v) is 2.23. The lowest BCUT2D eigenvalue weighted by Gasteiger charge is -2.20. The van der Waals surface area contributed by atoms with Gasteiger partial charge in [-0.05, 0) is 63.1 Å². The SMILES string of the molecule is CCn1ncc(NCCCCN(C)C(C)C)c(Br)c1=O. The Morgan fingerprint density at radius 3 is 2.75 bits per heavy atom. The Labute approximate surface area is 129 Å². The van der Waals surface area contributed by atoms with E-state index in [0.29, 0.717) is 17.1 Å². The molecule has 5 nitrogen and oxygen atoms in total. The number of nitrogens with zero attached hydrogens (tertiary/aromatic N) is 3. The smallest absolute Gasteiger partial charge is 0.283 e. The van der Waals surface area contributed by atoms with Crippen LogP contribution in [-0.2, 0) is 6.54 Å². The molecule has 0 saturated heterocycles. The van der Waals surface area contributed by atoms with Crippen LogP contribution in [0.5, 0.6) is 0 Å². The van der Waals surface area contributed by atoms with E-state index in [1.54, 1.807) is 6.20 Å². The van der Waals surface area contributed by atoms with E-state index >= 15 is 0 Å². The van der Waals surface area contributed by atoms with Crippen LogP contribution in [0.4, 0.5) is 5.69 Å². The normalized spacial score (nSPS) is 11.3. The highest BCUT2D eigenvalue weighted by atomic mass is 79.9. The van der Waals surface area contributed by atoms with Crippen LogP contribution in [0.2, 0.25) is 0 Å². The maximum Gasteiger partial charge on any atom is 0.283 e. The summed E-state index contributed by atoms with van der Waals surface area (Å²) in [5, 5.41) is 7.38. The van der Waals surface area contributed by atoms with Gasteiger partial charge in [-0.2, -0.15) is 5.10 Å². The third kappa shape index (κ3) is 4.90. The fourth-order valence-electron chi connectivity index (χ4n) is 1.78. The van der Waals surface area contributed by atoms with Gasteiger partial charge in [-0.3, -0.25) is 4.79 Å². The third-order valence-corrected chi connectivity index (χ3v) is 4.19. The molecule has 1 N–H and O–H groups in total. The van der Waals surface area contributed by atoms with Crippen molar-refractivity contribution in [3.8, 4) is 0 Å². The van der Waals surface area contributed by atoms with Crippen LogP contribution in [0.15, 0.2) is 15.5 Å². The predicted molar refractivity (Wildman–Crippen MR) is 87.4 cm³/mol. The largest absolute Gasteiger partial charge is 0.383 e. The summed E-state index contributed by atoms with van der Waals surface area (Å²) < 4.78 is 2.00. The van der Waals surface area contributed by atoms with E-state index in [-0.39, 0.29) is 5.56 Å². The zero-order chi connectivity index (χ0) is 15.1. The molecule has 0 amide bonds. The maximum atomic E-state index is 11.9. The molecule has 0 saturated carbocycles. The molecule has 0 aromatic carbocycles. The summed E-state index contributed by atoms with van der Waals surface area (Å²) in [7, 11) is 2.14. The van der Waals surface area contributed by atoms with Gasteiger partial charge >= 0.3 is 0 Å². The zero-order valence-corrected chi connectivity index (χ0v) is 14.4. The number of halogens is 1. The Morgan fingerprint density at radius 2 is 2.15 bits per heavy atom. The molecule has 1 aromatic heterocycles. The van der Waals surface area contributed by atoms with E-state index in [1.165, 1.54) is 4.68 Å². The van der Waals surface area contributed by atoms with Crippen molar-refractivity contribution in [3.05, 3.63) is 21.0 Å². The third-order valence-electron chi connectivity index (χ3n) is 3.42. The number of rotatable bonds is 8. The Hall–Kier alpha value is -0.880. The summed E-state index contributed by atoms with van der Waals surface area (Å²) in [4.78, 5) is 14.2. The number of aryl methyl sites for hydroxylation is 1. The monoisotopic (exact) mass is 344 g/mol. The van der Waals surface area contributed by atoms with Gasteiger partial charge < -0.3 is 10.2 Å². The molecule has 0 atom stereocenters. The first-order chi connectivity index (χ1) is 9.47. The molecule has 0 aliphatic rings. The second kappa shape index (κ2) is 8.42. The van der Waals surface area contributed by atoms with Gasteiger partial charge in [0.2, 0.25) is 0 Å². The van der Waals surface area contributed by atoms with Gasteiger partial charge in [0.05, 0.1) is 11.9 Å². The number of hydrogen-bond donors (Lipinski definition) is 1. The van der Waals surface area contributed by atoms with E-state index < -0.39 is 0 Å². The molecule has 6 heteroatoms. The summed E-state index contributed by atoms with van der Waals surface area (Å²) >= 11 is 3.34. The van der Waals surface area contributed by atoms with Crippen LogP contribution >= 0.6 is 15.9 Å². The Kier molecular flexibility index (Phi) is 7.23. The minimum Gasteiger partial charge on any atom is -0.383 e. The van der Waals surface area contributed by atoms with Gasteiger partial charge in [0, 0.05) is 19.1 Å². The quantitative estimate of drug-likeness (QED) is 0.736. The van der Waals surface area contributed by atoms with Crippen molar-refractivity contribution in [2.45, 2.75) is 46.2 Å². The lowest BCUT2D eigenvalue weighted by atomic mass is 10.2. The first-order valence-electron chi connectivity index (χ1n) is 7.17. The number of unbranched alkanes of at least 4 members (excludes halogenated alkanes) is 1. The summed E-state index contributed by atoms with van der Waals surface area (Å²) in [6.45, 7) is 8.82. The highest BCUT2D eigenvalue weighted by Gasteiger charge is 2.07. The number of nitrogens with one attached hydrogen (secondary N) is 1. The molecule has 1 aromatic rings. The van der Waals surface area contributed by atoms with Crippen molar-refractivity contribution in [1.82, 2.24) is 14.7 Å². The number of aromatic nitrogens is 2. The average Bonchev–Trinajstić information content (AvgIpc) is 2.42. The molecule has 0 bridgehead atoms. The van der Waals surface area contributed by atoms with E-state index in [4.69, 9.17) is 0 Å². The van der Waals surface area contributed by atoms with E-state index in [9.17, 15) is 4.79 Å². The summed E-state index contributed by atoms with van der Waals surface area (Å²) in [6, 6.07) is 0.586. The zero-order valence-electron chi connectivity index (χ0n) is 12.8. The molecule has 114 valence electrons. The van der Waals surface area contributed by atoms with Crippen LogP contribution < -0.4 is 10.9 Å². The molecule has 0 unspecified atom stereocenters. The molecule has 0 aliphatic heterocycles. The van der Waals surface area contributed by atoms with Crippen molar-refractivity contribution < 1.29 is 0 Å². The topological polar surface area (TPSA) is 50.2 Å². The van der Waals surface area contributed by atoms with Crippen LogP contribution in [0.3, 0.4) is 0 Å². The molecule has 1 rings (SSSR count). The first-order valence-corrected chi connectivity index (χ1v) is 7.96. The Balaban J connectivity index is 2.40. The van der Waals surface area contributed by atoms with Crippen molar-refractivity contribution in [3.63, 3.8) is 0 Å². The fraction of sp³-hybridized carbons (Fsp3) is 0.714. The lowest BCUT2D eigenvalue weighted by Crippen LogP contribution is -2.27. The summed E-state index contributed by atoms with van der Waals surface area (Å²) in [6.07, 6.45) is 3.91. The minimum absolute atomic E-state index is 0.0861. The van der Waals surface area contributed by atoms with Gasteiger partial charge in [-0.15, -0.1) is 0 Å². The maximum absolute atomic E-state index is 11.9. The highest BCUT2D eigenvalue weighted by Crippen LogP contribution is 2.16. The van der Waals surface area contributed by atoms with Gasteiger partial charge in [-0.1, -0.05) is 0 Å². The van der Waals surface area contributed by atoms with Crippen LogP contribution in [-0.4, -0.2) is 40.9 Å². The van der Waals surface area contributed by atoms with E-state index in [0.717, 1.165) is 31.6 Å². The van der Waals surface area contributed by atoms with Crippen molar-refractivity contribution in [2.75, 3.05) is 25.5 Å². The summed E-state index contributed by atoms with van der Waals surface area (Å²) in [5.74, 6) is 0. The average molecular weight is 345 g/mol. The van der Waals surface area contributed by atoms with E-state index in [2.05, 4.69) is 52.1 Å². The van der Waals surface area contributed by atoms with Gasteiger partial charge in [0.25, 0.3) is 5.56 Å². The Morgan fingerprint density at radius 1 is 1.45 bits per heavy atom. The molecule has 0 fully saturated rings. The number of anilines is 1. The Bertz CT molecular complexity index is 473. The van der Waals surface area contributed by atoms with Gasteiger partial charge in [0.1, 0.15) is 4.47 Å². The van der Waals surface area contributed by atoms with Gasteiger partial charge in [0.15, 0.2) is 0 Å². The van der Waals surface area contributed by atoms with Crippen molar-refractivity contribution >= 4 is 21.6 Å². The first kappa shape index (κ1) is 17.2. The molecule has 1 heterocycles. The second-order valence-electron chi connectivity index (χ2n) is 5.20. The molecule has 20 heavy (non-hydrogen) atoms. The molecular weight excluding hydrogens is 320 g/mol. The number of hydrogen-bond acceptors (Lipinski definition) is 4. The molecular formula is C14H25BrN4O. The van der Waals surface area contributed by atoms with Crippen molar-refractivity contribution in [1.29, 1.82) is 0 Å². The van der Waals surface area contributed by atoms with Crippen LogP contribution in [0.1, 0.15) is 33.6 Å². The second-order valence-corrected chi connectivity index (χ2v) is 5.99. The standard InChI is InChI=1S/C14H25BrN4O/c1-5-19-14(20)13(15)12(10-17-19)16-8-6-7-9-18(4)11(2)3/h10-11,16H,5-9H2,1-4H3. The van der Waals surface area contributed by atoms with Gasteiger partial charge in [-0.25, -0.2) is 4.68 Å². The highest BCUT2D eigenvalue weighted by molar-refractivity contribution is 9.10. The lowest BCUT2D eigenvalue weighted by molar-refractivity contribution is 0.269. The summed E-state index contributed by atoms with van der Waals surface area (Å²) in [5.41, 5.74) is 0.689. The van der Waals surface area contributed by atoms with Crippen molar-refractivity contribution in [2.24, 2.45) is 0 Å². The van der Waals surface area contributed by atoms with Crippen LogP contribution in [0, 0.1) is 0 Å². The predicted octanol–water partition coefficient (Wildman–Crippen LogP) is 2.56. The molecule has 0 spiro atoms.